The van der Waals surface area contributed by atoms with Crippen LogP contribution in [0.15, 0.2) is 36.4 Å². The highest BCUT2D eigenvalue weighted by atomic mass is 35.5. The van der Waals surface area contributed by atoms with Gasteiger partial charge in [0.1, 0.15) is 6.04 Å². The van der Waals surface area contributed by atoms with Crippen molar-refractivity contribution in [3.8, 4) is 0 Å². The van der Waals surface area contributed by atoms with Gasteiger partial charge in [0.25, 0.3) is 0 Å². The zero-order chi connectivity index (χ0) is 24.0. The molecule has 8 heteroatoms. The number of benzene rings is 1. The van der Waals surface area contributed by atoms with Crippen molar-refractivity contribution in [1.82, 2.24) is 15.1 Å². The summed E-state index contributed by atoms with van der Waals surface area (Å²) < 4.78 is 0. The van der Waals surface area contributed by atoms with E-state index in [1.54, 1.807) is 6.07 Å². The van der Waals surface area contributed by atoms with Crippen molar-refractivity contribution in [2.75, 3.05) is 13.1 Å². The number of nitrogens with one attached hydrogen (secondary N) is 1. The molecule has 0 aromatic heterocycles. The summed E-state index contributed by atoms with van der Waals surface area (Å²) in [6, 6.07) is 6.54. The minimum absolute atomic E-state index is 0.0233. The largest absolute Gasteiger partial charge is 0.354 e. The SMILES string of the molecule is CCCNC(=O)[C@H](CC)N(Cc1ccccc1Cl)C(=O)CCN1C(=O)[C@H]2CC=CC[C@H]2C1=O. The molecule has 1 aliphatic heterocycles. The highest BCUT2D eigenvalue weighted by Gasteiger charge is 2.47. The molecule has 33 heavy (non-hydrogen) atoms. The number of fused-ring (bicyclic) bond motifs is 1. The van der Waals surface area contributed by atoms with Crippen LogP contribution in [0.3, 0.4) is 0 Å². The first kappa shape index (κ1) is 25.0. The summed E-state index contributed by atoms with van der Waals surface area (Å²) in [6.45, 7) is 4.54. The van der Waals surface area contributed by atoms with E-state index in [2.05, 4.69) is 5.32 Å². The van der Waals surface area contributed by atoms with Gasteiger partial charge < -0.3 is 10.2 Å². The lowest BCUT2D eigenvalue weighted by molar-refractivity contribution is -0.144. The second kappa shape index (κ2) is 11.5. The van der Waals surface area contributed by atoms with Crippen LogP contribution in [0.2, 0.25) is 5.02 Å². The van der Waals surface area contributed by atoms with E-state index in [9.17, 15) is 19.2 Å². The van der Waals surface area contributed by atoms with Crippen molar-refractivity contribution in [2.45, 2.75) is 58.5 Å². The highest BCUT2D eigenvalue weighted by molar-refractivity contribution is 6.31. The third-order valence-electron chi connectivity index (χ3n) is 6.38. The first-order chi connectivity index (χ1) is 15.9. The van der Waals surface area contributed by atoms with E-state index < -0.39 is 6.04 Å². The number of likely N-dealkylation sites (tertiary alicyclic amines) is 1. The van der Waals surface area contributed by atoms with Crippen LogP contribution in [0.25, 0.3) is 0 Å². The molecule has 1 N–H and O–H groups in total. The Hall–Kier alpha value is -2.67. The number of nitrogens with zero attached hydrogens (tertiary/aromatic N) is 2. The molecule has 2 aliphatic rings. The van der Waals surface area contributed by atoms with Crippen LogP contribution in [0.5, 0.6) is 0 Å². The minimum Gasteiger partial charge on any atom is -0.354 e. The van der Waals surface area contributed by atoms with Crippen molar-refractivity contribution < 1.29 is 19.2 Å². The molecule has 1 fully saturated rings. The van der Waals surface area contributed by atoms with E-state index in [0.717, 1.165) is 12.0 Å². The quantitative estimate of drug-likeness (QED) is 0.417. The van der Waals surface area contributed by atoms with Crippen LogP contribution in [0, 0.1) is 11.8 Å². The van der Waals surface area contributed by atoms with Gasteiger partial charge in [-0.05, 0) is 37.3 Å². The van der Waals surface area contributed by atoms with Crippen molar-refractivity contribution in [2.24, 2.45) is 11.8 Å². The van der Waals surface area contributed by atoms with Gasteiger partial charge in [-0.3, -0.25) is 24.1 Å². The van der Waals surface area contributed by atoms with Crippen molar-refractivity contribution in [3.63, 3.8) is 0 Å². The summed E-state index contributed by atoms with van der Waals surface area (Å²) in [7, 11) is 0. The molecule has 4 amide bonds. The van der Waals surface area contributed by atoms with Crippen LogP contribution in [0.1, 0.15) is 51.5 Å². The molecular formula is C25H32ClN3O4. The average Bonchev–Trinajstić information content (AvgIpc) is 3.06. The normalized spacial score (nSPS) is 20.5. The van der Waals surface area contributed by atoms with Crippen LogP contribution < -0.4 is 5.32 Å². The summed E-state index contributed by atoms with van der Waals surface area (Å²) in [4.78, 5) is 54.4. The molecule has 3 atom stereocenters. The van der Waals surface area contributed by atoms with E-state index in [1.807, 2.05) is 44.2 Å². The number of amides is 4. The second-order valence-electron chi connectivity index (χ2n) is 8.56. The Bertz CT molecular complexity index is 906. The van der Waals surface area contributed by atoms with Gasteiger partial charge >= 0.3 is 0 Å². The third-order valence-corrected chi connectivity index (χ3v) is 6.75. The number of carbonyl (C=O) groups is 4. The molecule has 178 valence electrons. The lowest BCUT2D eigenvalue weighted by Gasteiger charge is -2.31. The summed E-state index contributed by atoms with van der Waals surface area (Å²) in [5.74, 6) is -1.55. The summed E-state index contributed by atoms with van der Waals surface area (Å²) in [5.41, 5.74) is 0.736. The first-order valence-electron chi connectivity index (χ1n) is 11.7. The number of hydrogen-bond acceptors (Lipinski definition) is 4. The molecule has 7 nitrogen and oxygen atoms in total. The zero-order valence-electron chi connectivity index (χ0n) is 19.3. The van der Waals surface area contributed by atoms with Gasteiger partial charge in [0.05, 0.1) is 11.8 Å². The monoisotopic (exact) mass is 473 g/mol. The maximum Gasteiger partial charge on any atom is 0.242 e. The van der Waals surface area contributed by atoms with Crippen molar-refractivity contribution in [1.29, 1.82) is 0 Å². The molecule has 1 aromatic carbocycles. The Morgan fingerprint density at radius 3 is 2.33 bits per heavy atom. The Kier molecular flexibility index (Phi) is 8.67. The molecule has 0 unspecified atom stereocenters. The van der Waals surface area contributed by atoms with Crippen LogP contribution in [0.4, 0.5) is 0 Å². The van der Waals surface area contributed by atoms with E-state index in [1.165, 1.54) is 9.80 Å². The van der Waals surface area contributed by atoms with Crippen LogP contribution >= 0.6 is 11.6 Å². The Morgan fingerprint density at radius 1 is 1.12 bits per heavy atom. The van der Waals surface area contributed by atoms with E-state index in [0.29, 0.717) is 30.8 Å². The topological polar surface area (TPSA) is 86.8 Å². The highest BCUT2D eigenvalue weighted by Crippen LogP contribution is 2.35. The molecule has 1 saturated heterocycles. The van der Waals surface area contributed by atoms with Crippen LogP contribution in [-0.4, -0.2) is 52.6 Å². The van der Waals surface area contributed by atoms with E-state index in [-0.39, 0.29) is 55.0 Å². The van der Waals surface area contributed by atoms with Gasteiger partial charge in [-0.25, -0.2) is 0 Å². The molecule has 0 saturated carbocycles. The van der Waals surface area contributed by atoms with Crippen molar-refractivity contribution in [3.05, 3.63) is 47.0 Å². The number of imide groups is 1. The van der Waals surface area contributed by atoms with Gasteiger partial charge in [0.15, 0.2) is 0 Å². The second-order valence-corrected chi connectivity index (χ2v) is 8.97. The summed E-state index contributed by atoms with van der Waals surface area (Å²) in [6.07, 6.45) is 6.19. The molecule has 1 aliphatic carbocycles. The Morgan fingerprint density at radius 2 is 1.76 bits per heavy atom. The molecule has 1 aromatic rings. The van der Waals surface area contributed by atoms with Gasteiger partial charge in [0.2, 0.25) is 23.6 Å². The Labute approximate surface area is 200 Å². The number of allylic oxidation sites excluding steroid dienone is 2. The van der Waals surface area contributed by atoms with Crippen molar-refractivity contribution >= 4 is 35.2 Å². The average molecular weight is 474 g/mol. The number of halogens is 1. The van der Waals surface area contributed by atoms with E-state index in [4.69, 9.17) is 11.6 Å². The molecule has 0 spiro atoms. The third kappa shape index (κ3) is 5.64. The summed E-state index contributed by atoms with van der Waals surface area (Å²) in [5, 5.41) is 3.39. The van der Waals surface area contributed by atoms with E-state index >= 15 is 0 Å². The standard InChI is InChI=1S/C25H32ClN3O4/c1-3-14-27-23(31)21(4-2)29(16-17-9-5-8-12-20(17)26)22(30)13-15-28-24(32)18-10-6-7-11-19(18)25(28)33/h5-9,12,18-19,21H,3-4,10-11,13-16H2,1-2H3,(H,27,31)/t18-,19+,21-/m0/s1. The fourth-order valence-corrected chi connectivity index (χ4v) is 4.73. The predicted octanol–water partition coefficient (Wildman–Crippen LogP) is 3.31. The molecule has 1 heterocycles. The lowest BCUT2D eigenvalue weighted by Crippen LogP contribution is -2.49. The first-order valence-corrected chi connectivity index (χ1v) is 12.1. The maximum absolute atomic E-state index is 13.4. The van der Waals surface area contributed by atoms with Gasteiger partial charge in [-0.2, -0.15) is 0 Å². The molecular weight excluding hydrogens is 442 g/mol. The van der Waals surface area contributed by atoms with Crippen LogP contribution in [-0.2, 0) is 25.7 Å². The fraction of sp³-hybridized carbons (Fsp3) is 0.520. The molecule has 3 rings (SSSR count). The van der Waals surface area contributed by atoms with Gasteiger partial charge in [0, 0.05) is 31.1 Å². The Balaban J connectivity index is 1.75. The number of hydrogen-bond donors (Lipinski definition) is 1. The predicted molar refractivity (Wildman–Crippen MR) is 126 cm³/mol. The smallest absolute Gasteiger partial charge is 0.242 e. The van der Waals surface area contributed by atoms with Gasteiger partial charge in [-0.15, -0.1) is 0 Å². The fourth-order valence-electron chi connectivity index (χ4n) is 4.54. The lowest BCUT2D eigenvalue weighted by atomic mass is 9.85. The zero-order valence-corrected chi connectivity index (χ0v) is 20.0. The number of rotatable bonds is 10. The maximum atomic E-state index is 13.4. The number of carbonyl (C=O) groups excluding carboxylic acids is 4. The molecule has 0 bridgehead atoms. The molecule has 0 radical (unpaired) electrons. The minimum atomic E-state index is -0.669. The van der Waals surface area contributed by atoms with Gasteiger partial charge in [-0.1, -0.05) is 55.8 Å². The summed E-state index contributed by atoms with van der Waals surface area (Å²) >= 11 is 6.33.